The lowest BCUT2D eigenvalue weighted by Gasteiger charge is -2.40. The quantitative estimate of drug-likeness (QED) is 0.442. The van der Waals surface area contributed by atoms with Crippen molar-refractivity contribution in [3.63, 3.8) is 0 Å². The number of halogens is 10. The van der Waals surface area contributed by atoms with Crippen molar-refractivity contribution in [1.29, 1.82) is 0 Å². The maximum absolute atomic E-state index is 6.00. The van der Waals surface area contributed by atoms with Crippen LogP contribution in [0.5, 0.6) is 0 Å². The lowest BCUT2D eigenvalue weighted by molar-refractivity contribution is 0.355. The van der Waals surface area contributed by atoms with Crippen LogP contribution in [0.3, 0.4) is 0 Å². The third-order valence-electron chi connectivity index (χ3n) is 1.99. The van der Waals surface area contributed by atoms with Crippen LogP contribution in [-0.2, 0) is 0 Å². The standard InChI is InChI=1S/C6H3Cl10N3/c7-3(8,4(9,10)11)2-18-17-1-19(2)6(15,16)5(12,13)14/h17H,1H2. The van der Waals surface area contributed by atoms with Gasteiger partial charge >= 0.3 is 0 Å². The first kappa shape index (κ1) is 19.2. The second kappa shape index (κ2) is 5.99. The molecule has 0 aliphatic carbocycles. The van der Waals surface area contributed by atoms with E-state index in [2.05, 4.69) is 10.5 Å². The van der Waals surface area contributed by atoms with Crippen molar-refractivity contribution in [2.75, 3.05) is 6.67 Å². The Labute approximate surface area is 159 Å². The van der Waals surface area contributed by atoms with E-state index in [1.165, 1.54) is 0 Å². The van der Waals surface area contributed by atoms with E-state index in [1.807, 2.05) is 0 Å². The largest absolute Gasteiger partial charge is 0.302 e. The molecule has 1 rings (SSSR count). The molecule has 0 saturated carbocycles. The third-order valence-corrected chi connectivity index (χ3v) is 6.70. The van der Waals surface area contributed by atoms with Crippen molar-refractivity contribution in [2.45, 2.75) is 16.4 Å². The zero-order chi connectivity index (χ0) is 15.3. The Morgan fingerprint density at radius 3 is 1.68 bits per heavy atom. The number of nitrogens with zero attached hydrogens (tertiary/aromatic N) is 2. The van der Waals surface area contributed by atoms with E-state index in [-0.39, 0.29) is 12.5 Å². The topological polar surface area (TPSA) is 27.6 Å². The van der Waals surface area contributed by atoms with E-state index in [1.54, 1.807) is 0 Å². The van der Waals surface area contributed by atoms with Gasteiger partial charge in [0.05, 0.1) is 0 Å². The van der Waals surface area contributed by atoms with Crippen LogP contribution in [0, 0.1) is 0 Å². The molecular formula is C6H3Cl10N3. The molecule has 0 aromatic heterocycles. The zero-order valence-electron chi connectivity index (χ0n) is 8.38. The first-order valence-corrected chi connectivity index (χ1v) is 7.98. The van der Waals surface area contributed by atoms with Crippen LogP contribution in [-0.4, -0.2) is 33.8 Å². The molecule has 1 aliphatic heterocycles. The predicted molar refractivity (Wildman–Crippen MR) is 86.7 cm³/mol. The highest BCUT2D eigenvalue weighted by Crippen LogP contribution is 2.53. The Hall–Kier alpha value is 2.17. The summed E-state index contributed by atoms with van der Waals surface area (Å²) in [6.45, 7) is -0.0574. The highest BCUT2D eigenvalue weighted by atomic mass is 35.6. The van der Waals surface area contributed by atoms with Crippen molar-refractivity contribution in [1.82, 2.24) is 10.3 Å². The van der Waals surface area contributed by atoms with Gasteiger partial charge in [0, 0.05) is 0 Å². The average Bonchev–Trinajstić information content (AvgIpc) is 2.62. The van der Waals surface area contributed by atoms with Gasteiger partial charge in [0.15, 0.2) is 5.84 Å². The second-order valence-corrected chi connectivity index (χ2v) is 10.5. The SMILES string of the molecule is ClC(Cl)(Cl)C(Cl)(Cl)C1=NNCN1C(Cl)(Cl)C(Cl)(Cl)Cl. The second-order valence-electron chi connectivity index (χ2n) is 3.29. The van der Waals surface area contributed by atoms with Gasteiger partial charge in [-0.15, -0.1) is 0 Å². The molecule has 0 aromatic carbocycles. The molecule has 112 valence electrons. The van der Waals surface area contributed by atoms with Crippen LogP contribution in [0.2, 0.25) is 0 Å². The molecule has 0 fully saturated rings. The molecule has 0 atom stereocenters. The van der Waals surface area contributed by atoms with Gasteiger partial charge in [0.1, 0.15) is 6.67 Å². The van der Waals surface area contributed by atoms with Gasteiger partial charge in [0.25, 0.3) is 0 Å². The molecule has 1 N–H and O–H groups in total. The fourth-order valence-electron chi connectivity index (χ4n) is 1.07. The zero-order valence-corrected chi connectivity index (χ0v) is 15.9. The van der Waals surface area contributed by atoms with Gasteiger partial charge in [-0.1, -0.05) is 116 Å². The number of nitrogens with one attached hydrogen (secondary N) is 1. The molecule has 0 radical (unpaired) electrons. The smallest absolute Gasteiger partial charge is 0.241 e. The van der Waals surface area contributed by atoms with Crippen molar-refractivity contribution in [3.05, 3.63) is 0 Å². The molecule has 0 amide bonds. The molecule has 1 heterocycles. The van der Waals surface area contributed by atoms with Crippen LogP contribution < -0.4 is 5.43 Å². The summed E-state index contributed by atoms with van der Waals surface area (Å²) in [6.07, 6.45) is 0. The number of hydrazone groups is 1. The van der Waals surface area contributed by atoms with Gasteiger partial charge in [-0.25, -0.2) is 0 Å². The van der Waals surface area contributed by atoms with Crippen molar-refractivity contribution in [3.8, 4) is 0 Å². The van der Waals surface area contributed by atoms with E-state index in [0.29, 0.717) is 0 Å². The van der Waals surface area contributed by atoms with Crippen LogP contribution in [0.15, 0.2) is 5.10 Å². The lowest BCUT2D eigenvalue weighted by atomic mass is 10.3. The van der Waals surface area contributed by atoms with E-state index in [9.17, 15) is 0 Å². The average molecular weight is 472 g/mol. The van der Waals surface area contributed by atoms with E-state index < -0.39 is 16.4 Å². The van der Waals surface area contributed by atoms with Gasteiger partial charge in [-0.2, -0.15) is 5.10 Å². The Kier molecular flexibility index (Phi) is 6.06. The third kappa shape index (κ3) is 3.74. The van der Waals surface area contributed by atoms with Crippen LogP contribution >= 0.6 is 116 Å². The lowest BCUT2D eigenvalue weighted by Crippen LogP contribution is -2.57. The maximum atomic E-state index is 6.00. The highest BCUT2D eigenvalue weighted by molar-refractivity contribution is 6.80. The molecule has 0 spiro atoms. The number of amidine groups is 1. The fraction of sp³-hybridized carbons (Fsp3) is 0.833. The summed E-state index contributed by atoms with van der Waals surface area (Å²) in [5.74, 6) is -0.202. The van der Waals surface area contributed by atoms with Crippen LogP contribution in [0.1, 0.15) is 0 Å². The van der Waals surface area contributed by atoms with Crippen molar-refractivity contribution < 1.29 is 0 Å². The number of rotatable bonds is 2. The molecule has 19 heavy (non-hydrogen) atoms. The van der Waals surface area contributed by atoms with Crippen molar-refractivity contribution >= 4 is 122 Å². The molecule has 13 heteroatoms. The summed E-state index contributed by atoms with van der Waals surface area (Å²) in [7, 11) is 0. The van der Waals surface area contributed by atoms with Crippen LogP contribution in [0.4, 0.5) is 0 Å². The Bertz CT molecular complexity index is 380. The molecule has 1 aliphatic rings. The summed E-state index contributed by atoms with van der Waals surface area (Å²) >= 11 is 58.1. The maximum Gasteiger partial charge on any atom is 0.241 e. The number of alkyl halides is 10. The molecular weight excluding hydrogens is 469 g/mol. The van der Waals surface area contributed by atoms with Crippen molar-refractivity contribution in [2.24, 2.45) is 5.10 Å². The monoisotopic (exact) mass is 467 g/mol. The number of hydrogen-bond acceptors (Lipinski definition) is 3. The minimum Gasteiger partial charge on any atom is -0.302 e. The molecule has 0 saturated heterocycles. The minimum atomic E-state index is -2.13. The molecule has 3 nitrogen and oxygen atoms in total. The first-order valence-electron chi connectivity index (χ1n) is 4.20. The van der Waals surface area contributed by atoms with E-state index >= 15 is 0 Å². The summed E-state index contributed by atoms with van der Waals surface area (Å²) in [6, 6.07) is 0. The number of hydrogen-bond donors (Lipinski definition) is 1. The van der Waals surface area contributed by atoms with Gasteiger partial charge in [0.2, 0.25) is 16.4 Å². The van der Waals surface area contributed by atoms with Gasteiger partial charge < -0.3 is 4.90 Å². The predicted octanol–water partition coefficient (Wildman–Crippen LogP) is 5.21. The first-order chi connectivity index (χ1) is 8.23. The fourth-order valence-corrected chi connectivity index (χ4v) is 2.20. The normalized spacial score (nSPS) is 18.4. The summed E-state index contributed by atoms with van der Waals surface area (Å²) in [5.41, 5.74) is 2.50. The molecule has 0 aromatic rings. The van der Waals surface area contributed by atoms with Gasteiger partial charge in [-0.3, -0.25) is 5.43 Å². The minimum absolute atomic E-state index is 0.0574. The Balaban J connectivity index is 3.18. The highest BCUT2D eigenvalue weighted by Gasteiger charge is 2.60. The van der Waals surface area contributed by atoms with Gasteiger partial charge in [-0.05, 0) is 0 Å². The molecule has 0 bridgehead atoms. The van der Waals surface area contributed by atoms with E-state index in [0.717, 1.165) is 4.90 Å². The summed E-state index contributed by atoms with van der Waals surface area (Å²) in [4.78, 5) is 1.06. The summed E-state index contributed by atoms with van der Waals surface area (Å²) < 4.78 is -8.37. The molecule has 0 unspecified atom stereocenters. The summed E-state index contributed by atoms with van der Waals surface area (Å²) in [5, 5.41) is 3.77. The Morgan fingerprint density at radius 1 is 0.842 bits per heavy atom. The van der Waals surface area contributed by atoms with E-state index in [4.69, 9.17) is 116 Å². The van der Waals surface area contributed by atoms with Crippen LogP contribution in [0.25, 0.3) is 0 Å². The Morgan fingerprint density at radius 2 is 1.32 bits per heavy atom.